The second-order valence-corrected chi connectivity index (χ2v) is 5.63. The second-order valence-electron chi connectivity index (χ2n) is 4.58. The van der Waals surface area contributed by atoms with Crippen molar-refractivity contribution >= 4 is 11.8 Å². The van der Waals surface area contributed by atoms with Crippen LogP contribution in [0.15, 0.2) is 41.8 Å². The van der Waals surface area contributed by atoms with Gasteiger partial charge < -0.3 is 9.84 Å². The summed E-state index contributed by atoms with van der Waals surface area (Å²) >= 11 is 1.83. The van der Waals surface area contributed by atoms with Gasteiger partial charge in [-0.2, -0.15) is 0 Å². The van der Waals surface area contributed by atoms with E-state index in [1.165, 1.54) is 4.90 Å². The first-order valence-corrected chi connectivity index (χ1v) is 6.83. The van der Waals surface area contributed by atoms with Crippen molar-refractivity contribution in [3.05, 3.63) is 36.9 Å². The van der Waals surface area contributed by atoms with Crippen molar-refractivity contribution in [1.82, 2.24) is 0 Å². The smallest absolute Gasteiger partial charge is 0.115 e. The molecule has 0 aromatic heterocycles. The predicted octanol–water partition coefficient (Wildman–Crippen LogP) is 3.47. The Bertz CT molecular complexity index is 366. The predicted molar refractivity (Wildman–Crippen MR) is 71.5 cm³/mol. The van der Waals surface area contributed by atoms with E-state index in [2.05, 4.69) is 6.58 Å². The van der Waals surface area contributed by atoms with Crippen molar-refractivity contribution in [2.24, 2.45) is 5.41 Å². The SMILES string of the molecule is C=CCC1(CSc2ccc(O)cc2)CCOC1. The first-order valence-electron chi connectivity index (χ1n) is 5.85. The molecule has 0 radical (unpaired) electrons. The van der Waals surface area contributed by atoms with Crippen LogP contribution in [0.4, 0.5) is 0 Å². The lowest BCUT2D eigenvalue weighted by Crippen LogP contribution is -2.23. The van der Waals surface area contributed by atoms with E-state index in [9.17, 15) is 5.11 Å². The number of hydrogen-bond acceptors (Lipinski definition) is 3. The molecule has 0 saturated carbocycles. The highest BCUT2D eigenvalue weighted by Gasteiger charge is 2.33. The van der Waals surface area contributed by atoms with Gasteiger partial charge in [0.15, 0.2) is 0 Å². The molecular weight excluding hydrogens is 232 g/mol. The van der Waals surface area contributed by atoms with Gasteiger partial charge >= 0.3 is 0 Å². The van der Waals surface area contributed by atoms with Gasteiger partial charge in [-0.3, -0.25) is 0 Å². The molecular formula is C14H18O2S. The van der Waals surface area contributed by atoms with E-state index < -0.39 is 0 Å². The van der Waals surface area contributed by atoms with Gasteiger partial charge in [-0.25, -0.2) is 0 Å². The number of thioether (sulfide) groups is 1. The molecule has 1 atom stereocenters. The van der Waals surface area contributed by atoms with Gasteiger partial charge in [0.05, 0.1) is 6.61 Å². The third-order valence-corrected chi connectivity index (χ3v) is 4.51. The Morgan fingerprint density at radius 2 is 2.18 bits per heavy atom. The number of ether oxygens (including phenoxy) is 1. The molecule has 1 fully saturated rings. The fourth-order valence-electron chi connectivity index (χ4n) is 2.07. The van der Waals surface area contributed by atoms with Crippen molar-refractivity contribution in [3.8, 4) is 5.75 Å². The normalized spacial score (nSPS) is 23.8. The minimum absolute atomic E-state index is 0.254. The summed E-state index contributed by atoms with van der Waals surface area (Å²) in [5.74, 6) is 1.36. The van der Waals surface area contributed by atoms with Crippen LogP contribution in [-0.4, -0.2) is 24.1 Å². The monoisotopic (exact) mass is 250 g/mol. The van der Waals surface area contributed by atoms with Crippen molar-refractivity contribution < 1.29 is 9.84 Å². The lowest BCUT2D eigenvalue weighted by Gasteiger charge is -2.25. The first-order chi connectivity index (χ1) is 8.24. The van der Waals surface area contributed by atoms with Gasteiger partial charge in [-0.15, -0.1) is 18.3 Å². The van der Waals surface area contributed by atoms with Gasteiger partial charge in [-0.1, -0.05) is 6.08 Å². The number of benzene rings is 1. The average Bonchev–Trinajstić information content (AvgIpc) is 2.78. The summed E-state index contributed by atoms with van der Waals surface area (Å²) in [5.41, 5.74) is 0.254. The lowest BCUT2D eigenvalue weighted by atomic mass is 9.86. The topological polar surface area (TPSA) is 29.5 Å². The van der Waals surface area contributed by atoms with Crippen LogP contribution >= 0.6 is 11.8 Å². The Balaban J connectivity index is 1.95. The average molecular weight is 250 g/mol. The van der Waals surface area contributed by atoms with Gasteiger partial charge in [0.25, 0.3) is 0 Å². The third-order valence-electron chi connectivity index (χ3n) is 3.14. The van der Waals surface area contributed by atoms with Crippen LogP contribution in [0.3, 0.4) is 0 Å². The Hall–Kier alpha value is -0.930. The molecule has 0 bridgehead atoms. The van der Waals surface area contributed by atoms with E-state index >= 15 is 0 Å². The van der Waals surface area contributed by atoms with E-state index in [1.807, 2.05) is 30.0 Å². The van der Waals surface area contributed by atoms with Crippen LogP contribution in [-0.2, 0) is 4.74 Å². The molecule has 92 valence electrons. The van der Waals surface area contributed by atoms with E-state index in [0.29, 0.717) is 5.75 Å². The molecule has 1 aliphatic heterocycles. The Morgan fingerprint density at radius 3 is 2.76 bits per heavy atom. The maximum atomic E-state index is 9.23. The van der Waals surface area contributed by atoms with E-state index in [0.717, 1.165) is 31.8 Å². The molecule has 2 nitrogen and oxygen atoms in total. The summed E-state index contributed by atoms with van der Waals surface area (Å²) in [6.07, 6.45) is 4.12. The number of rotatable bonds is 5. The highest BCUT2D eigenvalue weighted by molar-refractivity contribution is 7.99. The number of phenolic OH excluding ortho intramolecular Hbond substituents is 1. The highest BCUT2D eigenvalue weighted by Crippen LogP contribution is 2.38. The van der Waals surface area contributed by atoms with Crippen LogP contribution in [0.25, 0.3) is 0 Å². The maximum absolute atomic E-state index is 9.23. The molecule has 1 saturated heterocycles. The Kier molecular flexibility index (Phi) is 4.13. The van der Waals surface area contributed by atoms with Gasteiger partial charge in [0, 0.05) is 22.7 Å². The van der Waals surface area contributed by atoms with E-state index in [-0.39, 0.29) is 5.41 Å². The summed E-state index contributed by atoms with van der Waals surface area (Å²) in [6.45, 7) is 5.54. The molecule has 1 unspecified atom stereocenters. The van der Waals surface area contributed by atoms with Crippen molar-refractivity contribution in [2.45, 2.75) is 17.7 Å². The van der Waals surface area contributed by atoms with E-state index in [4.69, 9.17) is 4.74 Å². The Morgan fingerprint density at radius 1 is 1.41 bits per heavy atom. The van der Waals surface area contributed by atoms with Crippen LogP contribution in [0.5, 0.6) is 5.75 Å². The maximum Gasteiger partial charge on any atom is 0.115 e. The lowest BCUT2D eigenvalue weighted by molar-refractivity contribution is 0.162. The number of hydrogen-bond donors (Lipinski definition) is 1. The van der Waals surface area contributed by atoms with Crippen molar-refractivity contribution in [1.29, 1.82) is 0 Å². The van der Waals surface area contributed by atoms with Gasteiger partial charge in [0.1, 0.15) is 5.75 Å². The van der Waals surface area contributed by atoms with Crippen LogP contribution in [0.2, 0.25) is 0 Å². The third kappa shape index (κ3) is 3.27. The molecule has 0 spiro atoms. The van der Waals surface area contributed by atoms with Crippen molar-refractivity contribution in [3.63, 3.8) is 0 Å². The molecule has 1 aromatic rings. The molecule has 2 rings (SSSR count). The highest BCUT2D eigenvalue weighted by atomic mass is 32.2. The number of allylic oxidation sites excluding steroid dienone is 1. The summed E-state index contributed by atoms with van der Waals surface area (Å²) in [5, 5.41) is 9.23. The summed E-state index contributed by atoms with van der Waals surface area (Å²) in [4.78, 5) is 1.19. The quantitative estimate of drug-likeness (QED) is 0.641. The fraction of sp³-hybridized carbons (Fsp3) is 0.429. The standard InChI is InChI=1S/C14H18O2S/c1-2-7-14(8-9-16-10-14)11-17-13-5-3-12(15)4-6-13/h2-6,15H,1,7-11H2. The fourth-order valence-corrected chi connectivity index (χ4v) is 3.22. The van der Waals surface area contributed by atoms with Crippen LogP contribution in [0.1, 0.15) is 12.8 Å². The van der Waals surface area contributed by atoms with Gasteiger partial charge in [-0.05, 0) is 37.1 Å². The molecule has 0 aliphatic carbocycles. The molecule has 17 heavy (non-hydrogen) atoms. The zero-order valence-electron chi connectivity index (χ0n) is 9.89. The summed E-state index contributed by atoms with van der Waals surface area (Å²) in [6, 6.07) is 7.37. The number of phenols is 1. The second kappa shape index (κ2) is 5.61. The summed E-state index contributed by atoms with van der Waals surface area (Å²) in [7, 11) is 0. The molecule has 1 aromatic carbocycles. The molecule has 3 heteroatoms. The zero-order chi connectivity index (χ0) is 12.1. The minimum Gasteiger partial charge on any atom is -0.508 e. The van der Waals surface area contributed by atoms with E-state index in [1.54, 1.807) is 12.1 Å². The number of aromatic hydroxyl groups is 1. The molecule has 1 aliphatic rings. The largest absolute Gasteiger partial charge is 0.508 e. The molecule has 1 N–H and O–H groups in total. The molecule has 1 heterocycles. The van der Waals surface area contributed by atoms with Crippen LogP contribution < -0.4 is 0 Å². The summed E-state index contributed by atoms with van der Waals surface area (Å²) < 4.78 is 5.52. The Labute approximate surface area is 107 Å². The van der Waals surface area contributed by atoms with Crippen molar-refractivity contribution in [2.75, 3.05) is 19.0 Å². The zero-order valence-corrected chi connectivity index (χ0v) is 10.7. The van der Waals surface area contributed by atoms with Gasteiger partial charge in [0.2, 0.25) is 0 Å². The van der Waals surface area contributed by atoms with Crippen LogP contribution in [0, 0.1) is 5.41 Å². The molecule has 0 amide bonds. The minimum atomic E-state index is 0.254. The first kappa shape index (κ1) is 12.5.